The fourth-order valence-corrected chi connectivity index (χ4v) is 2.22. The van der Waals surface area contributed by atoms with Crippen molar-refractivity contribution in [3.8, 4) is 5.75 Å². The zero-order valence-electron chi connectivity index (χ0n) is 9.94. The summed E-state index contributed by atoms with van der Waals surface area (Å²) in [5.74, 6) is 1.41. The standard InChI is InChI=1S/C12H19N3O/c1-13-15-5-3-4-10(9-15)11-6-12(16-2)8-14-7-11/h6-8,10,13H,3-5,9H2,1-2H3/t10-/m1/s1. The fourth-order valence-electron chi connectivity index (χ4n) is 2.22. The number of methoxy groups -OCH3 is 1. The van der Waals surface area contributed by atoms with E-state index in [-0.39, 0.29) is 0 Å². The van der Waals surface area contributed by atoms with E-state index in [2.05, 4.69) is 21.5 Å². The minimum atomic E-state index is 0.559. The molecule has 1 aliphatic heterocycles. The molecule has 88 valence electrons. The van der Waals surface area contributed by atoms with Crippen molar-refractivity contribution in [2.45, 2.75) is 18.8 Å². The van der Waals surface area contributed by atoms with Crippen molar-refractivity contribution in [2.75, 3.05) is 27.2 Å². The van der Waals surface area contributed by atoms with Crippen LogP contribution in [-0.2, 0) is 0 Å². The molecule has 0 amide bonds. The van der Waals surface area contributed by atoms with Crippen molar-refractivity contribution in [3.05, 3.63) is 24.0 Å². The molecule has 0 aliphatic carbocycles. The Kier molecular flexibility index (Phi) is 3.74. The largest absolute Gasteiger partial charge is 0.495 e. The first-order valence-electron chi connectivity index (χ1n) is 5.74. The van der Waals surface area contributed by atoms with Crippen LogP contribution >= 0.6 is 0 Å². The van der Waals surface area contributed by atoms with E-state index in [1.807, 2.05) is 13.2 Å². The smallest absolute Gasteiger partial charge is 0.137 e. The van der Waals surface area contributed by atoms with Crippen LogP contribution in [0.15, 0.2) is 18.5 Å². The van der Waals surface area contributed by atoms with Gasteiger partial charge < -0.3 is 4.74 Å². The molecule has 2 rings (SSSR count). The molecule has 1 aromatic heterocycles. The highest BCUT2D eigenvalue weighted by atomic mass is 16.5. The van der Waals surface area contributed by atoms with Gasteiger partial charge in [0, 0.05) is 19.3 Å². The maximum absolute atomic E-state index is 5.21. The number of piperidine rings is 1. The van der Waals surface area contributed by atoms with Gasteiger partial charge in [-0.05, 0) is 37.4 Å². The zero-order valence-corrected chi connectivity index (χ0v) is 9.94. The second-order valence-electron chi connectivity index (χ2n) is 4.17. The number of hydrogen-bond acceptors (Lipinski definition) is 4. The van der Waals surface area contributed by atoms with E-state index in [0.29, 0.717) is 5.92 Å². The van der Waals surface area contributed by atoms with E-state index < -0.39 is 0 Å². The van der Waals surface area contributed by atoms with Gasteiger partial charge in [0.15, 0.2) is 0 Å². The Morgan fingerprint density at radius 3 is 3.12 bits per heavy atom. The summed E-state index contributed by atoms with van der Waals surface area (Å²) in [6.45, 7) is 2.18. The molecule has 0 radical (unpaired) electrons. The monoisotopic (exact) mass is 221 g/mol. The molecule has 16 heavy (non-hydrogen) atoms. The van der Waals surface area contributed by atoms with Gasteiger partial charge in [0.05, 0.1) is 13.3 Å². The zero-order chi connectivity index (χ0) is 11.4. The summed E-state index contributed by atoms with van der Waals surface area (Å²) in [5.41, 5.74) is 4.49. The number of rotatable bonds is 3. The number of hydrazine groups is 1. The van der Waals surface area contributed by atoms with E-state index >= 15 is 0 Å². The molecule has 1 aliphatic rings. The Hall–Kier alpha value is -1.13. The lowest BCUT2D eigenvalue weighted by Crippen LogP contribution is -2.42. The lowest BCUT2D eigenvalue weighted by Gasteiger charge is -2.32. The number of nitrogens with zero attached hydrogens (tertiary/aromatic N) is 2. The maximum atomic E-state index is 5.21. The lowest BCUT2D eigenvalue weighted by molar-refractivity contribution is 0.154. The van der Waals surface area contributed by atoms with Gasteiger partial charge >= 0.3 is 0 Å². The summed E-state index contributed by atoms with van der Waals surface area (Å²) in [6.07, 6.45) is 6.16. The van der Waals surface area contributed by atoms with Gasteiger partial charge in [0.25, 0.3) is 0 Å². The first-order valence-corrected chi connectivity index (χ1v) is 5.74. The molecule has 0 bridgehead atoms. The minimum Gasteiger partial charge on any atom is -0.495 e. The average molecular weight is 221 g/mol. The van der Waals surface area contributed by atoms with Crippen LogP contribution in [0.5, 0.6) is 5.75 Å². The summed E-state index contributed by atoms with van der Waals surface area (Å²) in [5, 5.41) is 2.26. The van der Waals surface area contributed by atoms with Crippen LogP contribution in [0.4, 0.5) is 0 Å². The van der Waals surface area contributed by atoms with Gasteiger partial charge in [0.2, 0.25) is 0 Å². The van der Waals surface area contributed by atoms with Gasteiger partial charge in [-0.2, -0.15) is 0 Å². The van der Waals surface area contributed by atoms with Crippen LogP contribution in [-0.4, -0.2) is 37.2 Å². The number of ether oxygens (including phenoxy) is 1. The molecule has 2 heterocycles. The average Bonchev–Trinajstić information content (AvgIpc) is 2.39. The maximum Gasteiger partial charge on any atom is 0.137 e. The van der Waals surface area contributed by atoms with Crippen molar-refractivity contribution >= 4 is 0 Å². The van der Waals surface area contributed by atoms with Gasteiger partial charge in [-0.3, -0.25) is 10.4 Å². The van der Waals surface area contributed by atoms with E-state index in [1.165, 1.54) is 18.4 Å². The van der Waals surface area contributed by atoms with Crippen LogP contribution in [0.2, 0.25) is 0 Å². The summed E-state index contributed by atoms with van der Waals surface area (Å²) in [6, 6.07) is 2.09. The summed E-state index contributed by atoms with van der Waals surface area (Å²) in [4.78, 5) is 4.22. The Bertz CT molecular complexity index is 343. The number of nitrogens with one attached hydrogen (secondary N) is 1. The van der Waals surface area contributed by atoms with Gasteiger partial charge in [-0.1, -0.05) is 0 Å². The van der Waals surface area contributed by atoms with Crippen LogP contribution in [0.25, 0.3) is 0 Å². The van der Waals surface area contributed by atoms with Crippen LogP contribution in [0.3, 0.4) is 0 Å². The molecule has 0 spiro atoms. The summed E-state index contributed by atoms with van der Waals surface area (Å²) in [7, 11) is 3.66. The van der Waals surface area contributed by atoms with Crippen LogP contribution < -0.4 is 10.2 Å². The highest BCUT2D eigenvalue weighted by Gasteiger charge is 2.20. The van der Waals surface area contributed by atoms with E-state index in [0.717, 1.165) is 18.8 Å². The van der Waals surface area contributed by atoms with Gasteiger partial charge in [-0.15, -0.1) is 0 Å². The quantitative estimate of drug-likeness (QED) is 0.837. The van der Waals surface area contributed by atoms with E-state index in [4.69, 9.17) is 4.74 Å². The van der Waals surface area contributed by atoms with Gasteiger partial charge in [0.1, 0.15) is 5.75 Å². The summed E-state index contributed by atoms with van der Waals surface area (Å²) < 4.78 is 5.21. The molecule has 1 atom stereocenters. The van der Waals surface area contributed by atoms with E-state index in [1.54, 1.807) is 13.3 Å². The molecule has 1 N–H and O–H groups in total. The molecule has 0 unspecified atom stereocenters. The third-order valence-corrected chi connectivity index (χ3v) is 3.18. The second-order valence-corrected chi connectivity index (χ2v) is 4.17. The molecule has 4 heteroatoms. The van der Waals surface area contributed by atoms with E-state index in [9.17, 15) is 0 Å². The van der Waals surface area contributed by atoms with Gasteiger partial charge in [-0.25, -0.2) is 5.01 Å². The molecule has 0 saturated carbocycles. The van der Waals surface area contributed by atoms with Crippen molar-refractivity contribution in [1.29, 1.82) is 0 Å². The molecule has 0 aromatic carbocycles. The van der Waals surface area contributed by atoms with Crippen molar-refractivity contribution in [2.24, 2.45) is 0 Å². The highest BCUT2D eigenvalue weighted by Crippen LogP contribution is 2.27. The Balaban J connectivity index is 2.10. The molecular formula is C12H19N3O. The SMILES string of the molecule is CNN1CCC[C@@H](c2cncc(OC)c2)C1. The normalized spacial score (nSPS) is 22.0. The Labute approximate surface area is 96.6 Å². The predicted molar refractivity (Wildman–Crippen MR) is 63.4 cm³/mol. The first kappa shape index (κ1) is 11.4. The highest BCUT2D eigenvalue weighted by molar-refractivity contribution is 5.26. The molecule has 4 nitrogen and oxygen atoms in total. The molecule has 1 aromatic rings. The van der Waals surface area contributed by atoms with Crippen molar-refractivity contribution < 1.29 is 4.74 Å². The first-order chi connectivity index (χ1) is 7.83. The Morgan fingerprint density at radius 2 is 2.38 bits per heavy atom. The molecular weight excluding hydrogens is 202 g/mol. The van der Waals surface area contributed by atoms with Crippen LogP contribution in [0.1, 0.15) is 24.3 Å². The molecule has 1 fully saturated rings. The van der Waals surface area contributed by atoms with Crippen molar-refractivity contribution in [1.82, 2.24) is 15.4 Å². The lowest BCUT2D eigenvalue weighted by atomic mass is 9.92. The number of aromatic nitrogens is 1. The molecule has 1 saturated heterocycles. The fraction of sp³-hybridized carbons (Fsp3) is 0.583. The Morgan fingerprint density at radius 1 is 1.50 bits per heavy atom. The minimum absolute atomic E-state index is 0.559. The topological polar surface area (TPSA) is 37.4 Å². The summed E-state index contributed by atoms with van der Waals surface area (Å²) >= 11 is 0. The number of pyridine rings is 1. The van der Waals surface area contributed by atoms with Crippen molar-refractivity contribution in [3.63, 3.8) is 0 Å². The predicted octanol–water partition coefficient (Wildman–Crippen LogP) is 1.40. The second kappa shape index (κ2) is 5.27. The third-order valence-electron chi connectivity index (χ3n) is 3.18. The number of hydrogen-bond donors (Lipinski definition) is 1. The third kappa shape index (κ3) is 2.51. The van der Waals surface area contributed by atoms with Crippen LogP contribution in [0, 0.1) is 0 Å².